The molecule has 0 aliphatic heterocycles. The maximum Gasteiger partial charge on any atom is 0.0731 e. The summed E-state index contributed by atoms with van der Waals surface area (Å²) in [4.78, 5) is 0. The minimum absolute atomic E-state index is 0.340. The molecule has 0 aromatic carbocycles. The highest BCUT2D eigenvalue weighted by atomic mass is 16.5. The number of methoxy groups -OCH3 is 1. The minimum atomic E-state index is 0.340. The zero-order valence-corrected chi connectivity index (χ0v) is 12.0. The number of aromatic nitrogens is 4. The first kappa shape index (κ1) is 13.2. The first-order valence-electron chi connectivity index (χ1n) is 7.06. The molecule has 1 aliphatic rings. The van der Waals surface area contributed by atoms with E-state index in [0.717, 1.165) is 25.1 Å². The van der Waals surface area contributed by atoms with Gasteiger partial charge in [0.2, 0.25) is 0 Å². The molecule has 2 heterocycles. The van der Waals surface area contributed by atoms with Crippen molar-refractivity contribution in [3.05, 3.63) is 29.8 Å². The van der Waals surface area contributed by atoms with Crippen LogP contribution in [0.4, 0.5) is 5.69 Å². The van der Waals surface area contributed by atoms with Crippen LogP contribution in [0.15, 0.2) is 18.6 Å². The Morgan fingerprint density at radius 2 is 2.30 bits per heavy atom. The monoisotopic (exact) mass is 275 g/mol. The van der Waals surface area contributed by atoms with Crippen LogP contribution in [0.5, 0.6) is 0 Å². The number of aryl methyl sites for hydroxylation is 1. The average molecular weight is 275 g/mol. The van der Waals surface area contributed by atoms with E-state index in [1.165, 1.54) is 17.7 Å². The van der Waals surface area contributed by atoms with Gasteiger partial charge in [-0.2, -0.15) is 10.2 Å². The fraction of sp³-hybridized carbons (Fsp3) is 0.571. The summed E-state index contributed by atoms with van der Waals surface area (Å²) < 4.78 is 8.95. The van der Waals surface area contributed by atoms with E-state index in [1.807, 2.05) is 35.0 Å². The largest absolute Gasteiger partial charge is 0.383 e. The predicted octanol–water partition coefficient (Wildman–Crippen LogP) is 1.75. The van der Waals surface area contributed by atoms with E-state index in [4.69, 9.17) is 4.74 Å². The molecule has 0 saturated carbocycles. The summed E-state index contributed by atoms with van der Waals surface area (Å²) >= 11 is 0. The van der Waals surface area contributed by atoms with E-state index < -0.39 is 0 Å². The molecule has 0 fully saturated rings. The maximum absolute atomic E-state index is 5.06. The first-order valence-corrected chi connectivity index (χ1v) is 7.06. The van der Waals surface area contributed by atoms with Crippen molar-refractivity contribution in [2.24, 2.45) is 7.05 Å². The van der Waals surface area contributed by atoms with Crippen LogP contribution >= 0.6 is 0 Å². The number of nitrogens with one attached hydrogen (secondary N) is 1. The minimum Gasteiger partial charge on any atom is -0.383 e. The highest BCUT2D eigenvalue weighted by Crippen LogP contribution is 2.31. The van der Waals surface area contributed by atoms with E-state index in [9.17, 15) is 0 Å². The van der Waals surface area contributed by atoms with Crippen molar-refractivity contribution in [3.8, 4) is 0 Å². The summed E-state index contributed by atoms with van der Waals surface area (Å²) in [5, 5.41) is 12.3. The second kappa shape index (κ2) is 5.66. The van der Waals surface area contributed by atoms with Gasteiger partial charge in [0.25, 0.3) is 0 Å². The molecule has 1 unspecified atom stereocenters. The third kappa shape index (κ3) is 2.56. The lowest BCUT2D eigenvalue weighted by molar-refractivity contribution is 0.183. The third-order valence-corrected chi connectivity index (χ3v) is 3.87. The maximum atomic E-state index is 5.06. The van der Waals surface area contributed by atoms with E-state index in [2.05, 4.69) is 15.5 Å². The van der Waals surface area contributed by atoms with E-state index in [0.29, 0.717) is 12.6 Å². The molecule has 6 heteroatoms. The molecular formula is C14H21N5O. The van der Waals surface area contributed by atoms with Crippen LogP contribution in [-0.2, 0) is 24.8 Å². The summed E-state index contributed by atoms with van der Waals surface area (Å²) in [6.07, 6.45) is 9.35. The summed E-state index contributed by atoms with van der Waals surface area (Å²) in [7, 11) is 3.72. The van der Waals surface area contributed by atoms with Gasteiger partial charge >= 0.3 is 0 Å². The molecular weight excluding hydrogens is 254 g/mol. The van der Waals surface area contributed by atoms with Crippen LogP contribution < -0.4 is 5.32 Å². The Morgan fingerprint density at radius 3 is 3.15 bits per heavy atom. The smallest absolute Gasteiger partial charge is 0.0731 e. The zero-order chi connectivity index (χ0) is 13.9. The van der Waals surface area contributed by atoms with Gasteiger partial charge in [0.1, 0.15) is 0 Å². The van der Waals surface area contributed by atoms with Crippen molar-refractivity contribution in [2.75, 3.05) is 19.0 Å². The first-order chi connectivity index (χ1) is 9.78. The molecule has 0 bridgehead atoms. The van der Waals surface area contributed by atoms with Crippen LogP contribution in [0, 0.1) is 0 Å². The zero-order valence-electron chi connectivity index (χ0n) is 12.0. The molecule has 2 aromatic rings. The number of anilines is 1. The second-order valence-corrected chi connectivity index (χ2v) is 5.24. The van der Waals surface area contributed by atoms with Crippen LogP contribution in [-0.4, -0.2) is 33.3 Å². The molecule has 6 nitrogen and oxygen atoms in total. The number of hydrogen-bond donors (Lipinski definition) is 1. The fourth-order valence-electron chi connectivity index (χ4n) is 2.80. The van der Waals surface area contributed by atoms with E-state index >= 15 is 0 Å². The molecule has 0 radical (unpaired) electrons. The van der Waals surface area contributed by atoms with Gasteiger partial charge in [0, 0.05) is 31.6 Å². The molecule has 0 saturated heterocycles. The van der Waals surface area contributed by atoms with E-state index in [-0.39, 0.29) is 0 Å². The van der Waals surface area contributed by atoms with Gasteiger partial charge in [-0.25, -0.2) is 0 Å². The van der Waals surface area contributed by atoms with Crippen LogP contribution in [0.3, 0.4) is 0 Å². The Bertz CT molecular complexity index is 574. The van der Waals surface area contributed by atoms with Crippen LogP contribution in [0.1, 0.15) is 30.1 Å². The number of fused-ring (bicyclic) bond motifs is 1. The van der Waals surface area contributed by atoms with Crippen molar-refractivity contribution in [1.82, 2.24) is 19.6 Å². The second-order valence-electron chi connectivity index (χ2n) is 5.24. The third-order valence-electron chi connectivity index (χ3n) is 3.87. The number of ether oxygens (including phenoxy) is 1. The highest BCUT2D eigenvalue weighted by Gasteiger charge is 2.23. The number of nitrogens with zero attached hydrogens (tertiary/aromatic N) is 4. The average Bonchev–Trinajstić information content (AvgIpc) is 3.05. The Morgan fingerprint density at radius 1 is 1.40 bits per heavy atom. The van der Waals surface area contributed by atoms with Crippen molar-refractivity contribution in [3.63, 3.8) is 0 Å². The van der Waals surface area contributed by atoms with Crippen molar-refractivity contribution < 1.29 is 4.74 Å². The molecule has 3 rings (SSSR count). The lowest BCUT2D eigenvalue weighted by atomic mass is 9.93. The van der Waals surface area contributed by atoms with Gasteiger partial charge < -0.3 is 10.1 Å². The van der Waals surface area contributed by atoms with Gasteiger partial charge in [-0.15, -0.1) is 0 Å². The molecule has 1 aliphatic carbocycles. The Hall–Kier alpha value is -1.82. The molecule has 0 spiro atoms. The summed E-state index contributed by atoms with van der Waals surface area (Å²) in [6, 6.07) is 0.340. The number of rotatable bonds is 5. The molecule has 2 aromatic heterocycles. The lowest BCUT2D eigenvalue weighted by Crippen LogP contribution is -2.17. The van der Waals surface area contributed by atoms with Gasteiger partial charge in [-0.3, -0.25) is 9.36 Å². The molecule has 108 valence electrons. The van der Waals surface area contributed by atoms with E-state index in [1.54, 1.807) is 7.11 Å². The molecule has 1 atom stereocenters. The standard InChI is InChI=1S/C14H21N5O/c1-18-14-5-3-4-13(12(14)9-15-18)17-11-8-16-19(10-11)6-7-20-2/h8-10,13,17H,3-7H2,1-2H3. The van der Waals surface area contributed by atoms with Crippen molar-refractivity contribution >= 4 is 5.69 Å². The van der Waals surface area contributed by atoms with Crippen molar-refractivity contribution in [2.45, 2.75) is 31.8 Å². The van der Waals surface area contributed by atoms with Crippen molar-refractivity contribution in [1.29, 1.82) is 0 Å². The Balaban J connectivity index is 1.70. The quantitative estimate of drug-likeness (QED) is 0.903. The fourth-order valence-corrected chi connectivity index (χ4v) is 2.80. The topological polar surface area (TPSA) is 56.9 Å². The lowest BCUT2D eigenvalue weighted by Gasteiger charge is -2.23. The summed E-state index contributed by atoms with van der Waals surface area (Å²) in [5.74, 6) is 0. The van der Waals surface area contributed by atoms with Gasteiger partial charge in [-0.05, 0) is 19.3 Å². The Kier molecular flexibility index (Phi) is 3.73. The molecule has 1 N–H and O–H groups in total. The number of hydrogen-bond acceptors (Lipinski definition) is 4. The molecule has 0 amide bonds. The summed E-state index contributed by atoms with van der Waals surface area (Å²) in [6.45, 7) is 1.46. The predicted molar refractivity (Wildman–Crippen MR) is 76.6 cm³/mol. The van der Waals surface area contributed by atoms with Crippen LogP contribution in [0.25, 0.3) is 0 Å². The molecule has 20 heavy (non-hydrogen) atoms. The van der Waals surface area contributed by atoms with Gasteiger partial charge in [-0.1, -0.05) is 0 Å². The Labute approximate surface area is 118 Å². The normalized spacial score (nSPS) is 18.0. The SMILES string of the molecule is COCCn1cc(NC2CCCc3c2cnn3C)cn1. The highest BCUT2D eigenvalue weighted by molar-refractivity contribution is 5.43. The van der Waals surface area contributed by atoms with Crippen LogP contribution in [0.2, 0.25) is 0 Å². The van der Waals surface area contributed by atoms with Gasteiger partial charge in [0.05, 0.1) is 37.3 Å². The summed E-state index contributed by atoms with van der Waals surface area (Å²) in [5.41, 5.74) is 3.73. The van der Waals surface area contributed by atoms with Gasteiger partial charge in [0.15, 0.2) is 0 Å².